The van der Waals surface area contributed by atoms with Gasteiger partial charge in [0.1, 0.15) is 10.4 Å². The van der Waals surface area contributed by atoms with Crippen LogP contribution in [0.4, 0.5) is 0 Å². The number of amides is 2. The molecule has 1 N–H and O–H groups in total. The first-order valence-electron chi connectivity index (χ1n) is 7.80. The highest BCUT2D eigenvalue weighted by molar-refractivity contribution is 8.26. The molecule has 9 heteroatoms. The average Bonchev–Trinajstić information content (AvgIpc) is 3.06. The minimum atomic E-state index is -3.27. The van der Waals surface area contributed by atoms with Gasteiger partial charge in [-0.1, -0.05) is 54.3 Å². The standard InChI is InChI=1S/C17H16N2O4S3/c1-11(15(20)18-13-7-8-26(22,23)10-13)19-16(21)14(25-17(19)24)9-12-5-3-2-4-6-12/h2-9,11,13H,10H2,1H3,(H,18,20)/b14-9-/t11-,13+/m0/s1. The molecule has 1 aromatic carbocycles. The van der Waals surface area contributed by atoms with Crippen molar-refractivity contribution in [3.8, 4) is 0 Å². The molecular weight excluding hydrogens is 392 g/mol. The minimum Gasteiger partial charge on any atom is -0.347 e. The van der Waals surface area contributed by atoms with E-state index in [9.17, 15) is 18.0 Å². The molecule has 6 nitrogen and oxygen atoms in total. The number of thiocarbonyl (C=S) groups is 1. The second-order valence-electron chi connectivity index (χ2n) is 5.91. The van der Waals surface area contributed by atoms with Crippen LogP contribution in [0.2, 0.25) is 0 Å². The van der Waals surface area contributed by atoms with Crippen molar-refractivity contribution < 1.29 is 18.0 Å². The topological polar surface area (TPSA) is 83.6 Å². The predicted molar refractivity (Wildman–Crippen MR) is 106 cm³/mol. The van der Waals surface area contributed by atoms with Crippen LogP contribution in [-0.2, 0) is 19.4 Å². The number of rotatable bonds is 4. The highest BCUT2D eigenvalue weighted by atomic mass is 32.2. The SMILES string of the molecule is C[C@@H](C(=O)N[C@@H]1C=CS(=O)(=O)C1)N1C(=O)/C(=C/c2ccccc2)SC1=S. The summed E-state index contributed by atoms with van der Waals surface area (Å²) in [6, 6.07) is 7.93. The zero-order valence-corrected chi connectivity index (χ0v) is 16.2. The van der Waals surface area contributed by atoms with E-state index < -0.39 is 27.8 Å². The van der Waals surface area contributed by atoms with Crippen molar-refractivity contribution >= 4 is 56.0 Å². The van der Waals surface area contributed by atoms with Crippen molar-refractivity contribution in [2.75, 3.05) is 5.75 Å². The van der Waals surface area contributed by atoms with Gasteiger partial charge in [0.05, 0.1) is 16.7 Å². The predicted octanol–water partition coefficient (Wildman–Crippen LogP) is 1.70. The van der Waals surface area contributed by atoms with Crippen LogP contribution >= 0.6 is 24.0 Å². The van der Waals surface area contributed by atoms with E-state index in [0.29, 0.717) is 9.23 Å². The van der Waals surface area contributed by atoms with Gasteiger partial charge in [0.15, 0.2) is 9.84 Å². The largest absolute Gasteiger partial charge is 0.347 e. The third kappa shape index (κ3) is 4.05. The minimum absolute atomic E-state index is 0.169. The molecule has 26 heavy (non-hydrogen) atoms. The number of nitrogens with zero attached hydrogens (tertiary/aromatic N) is 1. The average molecular weight is 409 g/mol. The van der Waals surface area contributed by atoms with Gasteiger partial charge >= 0.3 is 0 Å². The Balaban J connectivity index is 1.71. The first-order valence-corrected chi connectivity index (χ1v) is 10.7. The summed E-state index contributed by atoms with van der Waals surface area (Å²) in [6.45, 7) is 1.57. The van der Waals surface area contributed by atoms with Gasteiger partial charge in [-0.15, -0.1) is 0 Å². The van der Waals surface area contributed by atoms with Crippen molar-refractivity contribution in [1.82, 2.24) is 10.2 Å². The molecule has 1 fully saturated rings. The van der Waals surface area contributed by atoms with Crippen LogP contribution in [0.3, 0.4) is 0 Å². The third-order valence-corrected chi connectivity index (χ3v) is 6.67. The van der Waals surface area contributed by atoms with Gasteiger partial charge in [-0.3, -0.25) is 14.5 Å². The van der Waals surface area contributed by atoms with Gasteiger partial charge in [0, 0.05) is 5.41 Å². The van der Waals surface area contributed by atoms with Gasteiger partial charge in [0.25, 0.3) is 5.91 Å². The number of carbonyl (C=O) groups excluding carboxylic acids is 2. The Bertz CT molecular complexity index is 923. The highest BCUT2D eigenvalue weighted by Crippen LogP contribution is 2.34. The van der Waals surface area contributed by atoms with E-state index in [1.165, 1.54) is 11.0 Å². The molecule has 2 heterocycles. The Labute approximate surface area is 161 Å². The molecule has 0 unspecified atom stereocenters. The summed E-state index contributed by atoms with van der Waals surface area (Å²) in [5, 5.41) is 3.72. The summed E-state index contributed by atoms with van der Waals surface area (Å²) >= 11 is 6.41. The fourth-order valence-electron chi connectivity index (χ4n) is 2.60. The van der Waals surface area contributed by atoms with Crippen LogP contribution in [0.1, 0.15) is 12.5 Å². The zero-order chi connectivity index (χ0) is 18.9. The van der Waals surface area contributed by atoms with Crippen molar-refractivity contribution in [2.24, 2.45) is 0 Å². The number of hydrogen-bond acceptors (Lipinski definition) is 6. The molecular formula is C17H16N2O4S3. The number of benzene rings is 1. The summed E-state index contributed by atoms with van der Waals surface area (Å²) in [7, 11) is -3.27. The van der Waals surface area contributed by atoms with E-state index in [1.807, 2.05) is 30.3 Å². The molecule has 2 aliphatic rings. The second-order valence-corrected chi connectivity index (χ2v) is 9.52. The number of hydrogen-bond donors (Lipinski definition) is 1. The van der Waals surface area contributed by atoms with Gasteiger partial charge in [-0.05, 0) is 24.6 Å². The molecule has 136 valence electrons. The normalized spacial score (nSPS) is 24.3. The summed E-state index contributed by atoms with van der Waals surface area (Å²) in [5.41, 5.74) is 0.867. The van der Waals surface area contributed by atoms with Crippen LogP contribution < -0.4 is 5.32 Å². The van der Waals surface area contributed by atoms with Gasteiger partial charge in [-0.2, -0.15) is 0 Å². The monoisotopic (exact) mass is 408 g/mol. The molecule has 0 bridgehead atoms. The molecule has 1 aromatic rings. The Hall–Kier alpha value is -1.97. The molecule has 2 aliphatic heterocycles. The molecule has 1 saturated heterocycles. The van der Waals surface area contributed by atoms with Crippen LogP contribution in [0.5, 0.6) is 0 Å². The Kier molecular flexibility index (Phi) is 5.31. The molecule has 0 aromatic heterocycles. The van der Waals surface area contributed by atoms with Gasteiger partial charge in [-0.25, -0.2) is 8.42 Å². The highest BCUT2D eigenvalue weighted by Gasteiger charge is 2.38. The van der Waals surface area contributed by atoms with Gasteiger partial charge in [0.2, 0.25) is 5.91 Å². The number of sulfone groups is 1. The quantitative estimate of drug-likeness (QED) is 0.603. The number of thioether (sulfide) groups is 1. The fourth-order valence-corrected chi connectivity index (χ4v) is 5.25. The molecule has 2 atom stereocenters. The van der Waals surface area contributed by atoms with Crippen molar-refractivity contribution in [2.45, 2.75) is 19.0 Å². The first-order chi connectivity index (χ1) is 12.3. The van der Waals surface area contributed by atoms with E-state index in [4.69, 9.17) is 12.2 Å². The summed E-state index contributed by atoms with van der Waals surface area (Å²) in [4.78, 5) is 26.8. The molecule has 0 radical (unpaired) electrons. The maximum absolute atomic E-state index is 12.7. The van der Waals surface area contributed by atoms with E-state index in [2.05, 4.69) is 5.32 Å². The van der Waals surface area contributed by atoms with E-state index >= 15 is 0 Å². The Morgan fingerprint density at radius 2 is 2.08 bits per heavy atom. The second kappa shape index (κ2) is 7.34. The smallest absolute Gasteiger partial charge is 0.266 e. The fraction of sp³-hybridized carbons (Fsp3) is 0.235. The van der Waals surface area contributed by atoms with Crippen LogP contribution in [0, 0.1) is 0 Å². The lowest BCUT2D eigenvalue weighted by Crippen LogP contribution is -2.49. The first kappa shape index (κ1) is 18.8. The van der Waals surface area contributed by atoms with Crippen LogP contribution in [0.15, 0.2) is 46.7 Å². The molecule has 0 spiro atoms. The molecule has 0 aliphatic carbocycles. The molecule has 0 saturated carbocycles. The molecule has 3 rings (SSSR count). The maximum atomic E-state index is 12.7. The lowest BCUT2D eigenvalue weighted by atomic mass is 10.2. The van der Waals surface area contributed by atoms with E-state index in [-0.39, 0.29) is 11.7 Å². The Morgan fingerprint density at radius 1 is 1.38 bits per heavy atom. The number of carbonyl (C=O) groups is 2. The van der Waals surface area contributed by atoms with E-state index in [1.54, 1.807) is 13.0 Å². The van der Waals surface area contributed by atoms with Crippen LogP contribution in [0.25, 0.3) is 6.08 Å². The third-order valence-electron chi connectivity index (χ3n) is 3.95. The zero-order valence-electron chi connectivity index (χ0n) is 13.8. The van der Waals surface area contributed by atoms with E-state index in [0.717, 1.165) is 22.7 Å². The van der Waals surface area contributed by atoms with Crippen molar-refractivity contribution in [3.05, 3.63) is 52.3 Å². The molecule has 2 amide bonds. The summed E-state index contributed by atoms with van der Waals surface area (Å²) in [5.74, 6) is -0.951. The van der Waals surface area contributed by atoms with Crippen molar-refractivity contribution in [1.29, 1.82) is 0 Å². The number of nitrogens with one attached hydrogen (secondary N) is 1. The summed E-state index contributed by atoms with van der Waals surface area (Å²) in [6.07, 6.45) is 3.16. The Morgan fingerprint density at radius 3 is 2.69 bits per heavy atom. The maximum Gasteiger partial charge on any atom is 0.266 e. The summed E-state index contributed by atoms with van der Waals surface area (Å²) < 4.78 is 23.2. The van der Waals surface area contributed by atoms with Crippen molar-refractivity contribution in [3.63, 3.8) is 0 Å². The van der Waals surface area contributed by atoms with Gasteiger partial charge < -0.3 is 5.32 Å². The van der Waals surface area contributed by atoms with Crippen LogP contribution in [-0.4, -0.2) is 47.3 Å². The lowest BCUT2D eigenvalue weighted by Gasteiger charge is -2.23. The lowest BCUT2D eigenvalue weighted by molar-refractivity contribution is -0.132.